The summed E-state index contributed by atoms with van der Waals surface area (Å²) in [4.78, 5) is 13.7. The maximum Gasteiger partial charge on any atom is 0.225 e. The number of nitrogens with two attached hydrogens (primary N) is 2. The van der Waals surface area contributed by atoms with Crippen molar-refractivity contribution in [2.45, 2.75) is 13.1 Å². The lowest BCUT2D eigenvalue weighted by molar-refractivity contribution is 0.281. The van der Waals surface area contributed by atoms with Gasteiger partial charge in [0.15, 0.2) is 0 Å². The van der Waals surface area contributed by atoms with Gasteiger partial charge in [0, 0.05) is 0 Å². The van der Waals surface area contributed by atoms with E-state index in [1.165, 1.54) is 0 Å². The van der Waals surface area contributed by atoms with E-state index in [1.807, 2.05) is 24.1 Å². The van der Waals surface area contributed by atoms with E-state index in [1.54, 1.807) is 6.26 Å². The third-order valence-electron chi connectivity index (χ3n) is 2.13. The molecule has 0 spiro atoms. The van der Waals surface area contributed by atoms with Crippen LogP contribution < -0.4 is 11.5 Å². The molecule has 0 bridgehead atoms. The minimum absolute atomic E-state index is 0.138. The molecule has 2 aromatic rings. The fourth-order valence-electron chi connectivity index (χ4n) is 1.49. The van der Waals surface area contributed by atoms with Crippen LogP contribution in [0.25, 0.3) is 0 Å². The third kappa shape index (κ3) is 3.15. The van der Waals surface area contributed by atoms with Crippen molar-refractivity contribution in [1.29, 1.82) is 0 Å². The van der Waals surface area contributed by atoms with Gasteiger partial charge in [0.1, 0.15) is 11.6 Å². The molecule has 0 saturated carbocycles. The second-order valence-electron chi connectivity index (χ2n) is 3.72. The summed E-state index contributed by atoms with van der Waals surface area (Å²) in [7, 11) is 1.93. The summed E-state index contributed by atoms with van der Waals surface area (Å²) >= 11 is 0. The second kappa shape index (κ2) is 4.79. The summed E-state index contributed by atoms with van der Waals surface area (Å²) in [5.41, 5.74) is 11.0. The molecule has 0 aliphatic heterocycles. The highest BCUT2D eigenvalue weighted by Gasteiger charge is 2.07. The van der Waals surface area contributed by atoms with Crippen LogP contribution in [0.4, 0.5) is 11.9 Å². The van der Waals surface area contributed by atoms with Crippen molar-refractivity contribution in [1.82, 2.24) is 19.9 Å². The lowest BCUT2D eigenvalue weighted by atomic mass is 10.4. The minimum atomic E-state index is 0.138. The summed E-state index contributed by atoms with van der Waals surface area (Å²) in [5.74, 6) is 1.70. The van der Waals surface area contributed by atoms with Crippen molar-refractivity contribution in [3.05, 3.63) is 30.0 Å². The molecule has 4 N–H and O–H groups in total. The summed E-state index contributed by atoms with van der Waals surface area (Å²) in [6.45, 7) is 1.19. The van der Waals surface area contributed by atoms with E-state index in [0.29, 0.717) is 18.9 Å². The zero-order valence-electron chi connectivity index (χ0n) is 9.50. The molecule has 0 aromatic carbocycles. The van der Waals surface area contributed by atoms with E-state index in [0.717, 1.165) is 5.76 Å². The van der Waals surface area contributed by atoms with Crippen molar-refractivity contribution >= 4 is 11.9 Å². The number of rotatable bonds is 4. The molecular weight excluding hydrogens is 220 g/mol. The fraction of sp³-hybridized carbons (Fsp3) is 0.300. The Balaban J connectivity index is 2.00. The van der Waals surface area contributed by atoms with Crippen LogP contribution in [0, 0.1) is 0 Å². The van der Waals surface area contributed by atoms with Gasteiger partial charge in [-0.1, -0.05) is 0 Å². The normalized spacial score (nSPS) is 10.9. The van der Waals surface area contributed by atoms with E-state index in [2.05, 4.69) is 15.0 Å². The summed E-state index contributed by atoms with van der Waals surface area (Å²) in [6.07, 6.45) is 1.64. The summed E-state index contributed by atoms with van der Waals surface area (Å²) < 4.78 is 5.25. The molecular formula is C10H14N6O. The van der Waals surface area contributed by atoms with E-state index in [4.69, 9.17) is 15.9 Å². The number of hydrogen-bond donors (Lipinski definition) is 2. The van der Waals surface area contributed by atoms with Gasteiger partial charge in [0.25, 0.3) is 0 Å². The van der Waals surface area contributed by atoms with Gasteiger partial charge in [0.2, 0.25) is 11.9 Å². The Kier molecular flexibility index (Phi) is 3.20. The smallest absolute Gasteiger partial charge is 0.225 e. The van der Waals surface area contributed by atoms with Gasteiger partial charge < -0.3 is 15.9 Å². The first-order chi connectivity index (χ1) is 8.13. The van der Waals surface area contributed by atoms with Crippen LogP contribution in [0.15, 0.2) is 22.8 Å². The van der Waals surface area contributed by atoms with Crippen LogP contribution >= 0.6 is 0 Å². The Bertz CT molecular complexity index is 463. The predicted molar refractivity (Wildman–Crippen MR) is 62.5 cm³/mol. The highest BCUT2D eigenvalue weighted by Crippen LogP contribution is 2.07. The maximum absolute atomic E-state index is 5.49. The van der Waals surface area contributed by atoms with Crippen LogP contribution in [-0.2, 0) is 13.1 Å². The molecule has 17 heavy (non-hydrogen) atoms. The Morgan fingerprint density at radius 2 is 1.88 bits per heavy atom. The average Bonchev–Trinajstić information content (AvgIpc) is 2.67. The Labute approximate surface area is 98.5 Å². The van der Waals surface area contributed by atoms with Crippen LogP contribution in [0.2, 0.25) is 0 Å². The molecule has 0 amide bonds. The standard InChI is InChI=1S/C10H14N6O/c1-16(5-7-3-2-4-17-7)6-8-13-9(11)15-10(12)14-8/h2-4H,5-6H2,1H3,(H4,11,12,13,14,15). The number of anilines is 2. The lowest BCUT2D eigenvalue weighted by Gasteiger charge is -2.13. The molecule has 0 aliphatic carbocycles. The molecule has 0 atom stereocenters. The number of nitrogens with zero attached hydrogens (tertiary/aromatic N) is 4. The van der Waals surface area contributed by atoms with Crippen molar-refractivity contribution < 1.29 is 4.42 Å². The highest BCUT2D eigenvalue weighted by atomic mass is 16.3. The number of nitrogen functional groups attached to an aromatic ring is 2. The van der Waals surface area contributed by atoms with Crippen LogP contribution in [0.5, 0.6) is 0 Å². The van der Waals surface area contributed by atoms with E-state index in [-0.39, 0.29) is 11.9 Å². The van der Waals surface area contributed by atoms with Gasteiger partial charge >= 0.3 is 0 Å². The number of hydrogen-bond acceptors (Lipinski definition) is 7. The molecule has 0 fully saturated rings. The molecule has 2 heterocycles. The molecule has 0 radical (unpaired) electrons. The Hall–Kier alpha value is -2.15. The summed E-state index contributed by atoms with van der Waals surface area (Å²) in [5, 5.41) is 0. The van der Waals surface area contributed by atoms with Crippen molar-refractivity contribution in [3.8, 4) is 0 Å². The van der Waals surface area contributed by atoms with Gasteiger partial charge in [-0.15, -0.1) is 0 Å². The van der Waals surface area contributed by atoms with Gasteiger partial charge in [-0.05, 0) is 19.2 Å². The largest absolute Gasteiger partial charge is 0.468 e. The third-order valence-corrected chi connectivity index (χ3v) is 2.13. The molecule has 2 aromatic heterocycles. The van der Waals surface area contributed by atoms with E-state index >= 15 is 0 Å². The van der Waals surface area contributed by atoms with Gasteiger partial charge in [-0.2, -0.15) is 15.0 Å². The zero-order valence-corrected chi connectivity index (χ0v) is 9.50. The van der Waals surface area contributed by atoms with Crippen LogP contribution in [0.3, 0.4) is 0 Å². The average molecular weight is 234 g/mol. The Morgan fingerprint density at radius 1 is 1.18 bits per heavy atom. The van der Waals surface area contributed by atoms with E-state index < -0.39 is 0 Å². The highest BCUT2D eigenvalue weighted by molar-refractivity contribution is 5.25. The molecule has 0 aliphatic rings. The molecule has 0 saturated heterocycles. The lowest BCUT2D eigenvalue weighted by Crippen LogP contribution is -2.19. The molecule has 90 valence electrons. The van der Waals surface area contributed by atoms with Crippen LogP contribution in [-0.4, -0.2) is 26.9 Å². The quantitative estimate of drug-likeness (QED) is 0.781. The first-order valence-corrected chi connectivity index (χ1v) is 5.10. The SMILES string of the molecule is CN(Cc1nc(N)nc(N)n1)Cc1ccco1. The van der Waals surface area contributed by atoms with Crippen molar-refractivity contribution in [2.24, 2.45) is 0 Å². The molecule has 7 heteroatoms. The monoisotopic (exact) mass is 234 g/mol. The molecule has 2 rings (SSSR count). The van der Waals surface area contributed by atoms with Crippen molar-refractivity contribution in [3.63, 3.8) is 0 Å². The number of furan rings is 1. The first-order valence-electron chi connectivity index (χ1n) is 5.10. The molecule has 0 unspecified atom stereocenters. The van der Waals surface area contributed by atoms with E-state index in [9.17, 15) is 0 Å². The van der Waals surface area contributed by atoms with Gasteiger partial charge in [-0.25, -0.2) is 0 Å². The maximum atomic E-state index is 5.49. The Morgan fingerprint density at radius 3 is 2.47 bits per heavy atom. The van der Waals surface area contributed by atoms with Gasteiger partial charge in [-0.3, -0.25) is 4.90 Å². The topological polar surface area (TPSA) is 107 Å². The second-order valence-corrected chi connectivity index (χ2v) is 3.72. The fourth-order valence-corrected chi connectivity index (χ4v) is 1.49. The first kappa shape index (κ1) is 11.3. The predicted octanol–water partition coefficient (Wildman–Crippen LogP) is 0.261. The van der Waals surface area contributed by atoms with Gasteiger partial charge in [0.05, 0.1) is 19.4 Å². The van der Waals surface area contributed by atoms with Crippen LogP contribution in [0.1, 0.15) is 11.6 Å². The molecule has 7 nitrogen and oxygen atoms in total. The summed E-state index contributed by atoms with van der Waals surface area (Å²) in [6, 6.07) is 3.76. The number of aromatic nitrogens is 3. The van der Waals surface area contributed by atoms with Crippen molar-refractivity contribution in [2.75, 3.05) is 18.5 Å². The minimum Gasteiger partial charge on any atom is -0.468 e. The zero-order chi connectivity index (χ0) is 12.3.